The van der Waals surface area contributed by atoms with Crippen LogP contribution in [-0.2, 0) is 0 Å². The van der Waals surface area contributed by atoms with Gasteiger partial charge in [-0.1, -0.05) is 230 Å². The van der Waals surface area contributed by atoms with Crippen LogP contribution in [0.4, 0.5) is 0 Å². The van der Waals surface area contributed by atoms with Crippen molar-refractivity contribution in [1.82, 2.24) is 24.9 Å². The molecule has 0 unspecified atom stereocenters. The topological polar surface area (TPSA) is 64.5 Å². The van der Waals surface area contributed by atoms with Crippen LogP contribution in [0, 0.1) is 27.7 Å². The summed E-state index contributed by atoms with van der Waals surface area (Å²) in [5.41, 5.74) is 20.1. The van der Waals surface area contributed by atoms with E-state index in [0.29, 0.717) is 41.4 Å². The third-order valence-electron chi connectivity index (χ3n) is 17.2. The van der Waals surface area contributed by atoms with Gasteiger partial charge < -0.3 is 0 Å². The van der Waals surface area contributed by atoms with E-state index in [-0.39, 0.29) is 0 Å². The molecule has 0 radical (unpaired) electrons. The Hall–Kier alpha value is -9.45. The number of benzene rings is 9. The maximum Gasteiger partial charge on any atom is 0.0736 e. The molecule has 0 aliphatic rings. The Bertz CT molecular complexity index is 4320. The van der Waals surface area contributed by atoms with Crippen LogP contribution in [0.1, 0.15) is 200 Å². The normalized spacial score (nSPS) is 11.1. The fraction of sp³-hybridized carbons (Fsp3) is 0.278. The van der Waals surface area contributed by atoms with E-state index < -0.39 is 0 Å². The molecule has 0 spiro atoms. The summed E-state index contributed by atoms with van der Waals surface area (Å²) in [5.74, 6) is 4.09. The van der Waals surface area contributed by atoms with Crippen LogP contribution >= 0.6 is 0 Å². The highest BCUT2D eigenvalue weighted by Crippen LogP contribution is 2.28. The number of fused-ring (bicyclic) bond motifs is 7. The minimum absolute atomic E-state index is 0.540. The first-order valence-electron chi connectivity index (χ1n) is 34.3. The maximum atomic E-state index is 4.40. The van der Waals surface area contributed by atoms with Crippen molar-refractivity contribution in [1.29, 1.82) is 0 Å². The van der Waals surface area contributed by atoms with Crippen LogP contribution in [0.2, 0.25) is 0 Å². The molecule has 0 aliphatic heterocycles. The molecular weight excluding hydrogens is 1150 g/mol. The second kappa shape index (κ2) is 34.1. The van der Waals surface area contributed by atoms with Crippen molar-refractivity contribution >= 4 is 76.1 Å². The van der Waals surface area contributed by atoms with Gasteiger partial charge in [-0.2, -0.15) is 0 Å². The molecule has 5 aromatic heterocycles. The number of pyridine rings is 5. The number of para-hydroxylation sites is 1. The summed E-state index contributed by atoms with van der Waals surface area (Å²) < 4.78 is 0. The Balaban J connectivity index is 0.000000142. The second-order valence-corrected chi connectivity index (χ2v) is 27.5. The van der Waals surface area contributed by atoms with E-state index in [1.807, 2.05) is 37.1 Å². The molecule has 95 heavy (non-hydrogen) atoms. The quantitative estimate of drug-likeness (QED) is 0.159. The molecule has 0 fully saturated rings. The zero-order valence-corrected chi connectivity index (χ0v) is 59.9. The molecule has 0 atom stereocenters. The first-order chi connectivity index (χ1) is 45.5. The van der Waals surface area contributed by atoms with Gasteiger partial charge in [-0.05, 0) is 231 Å². The van der Waals surface area contributed by atoms with Crippen molar-refractivity contribution in [2.24, 2.45) is 0 Å². The third kappa shape index (κ3) is 20.3. The van der Waals surface area contributed by atoms with E-state index in [1.165, 1.54) is 110 Å². The molecule has 0 saturated heterocycles. The van der Waals surface area contributed by atoms with Gasteiger partial charge in [-0.25, -0.2) is 0 Å². The maximum absolute atomic E-state index is 4.40. The Labute approximate surface area is 568 Å². The number of rotatable bonds is 7. The number of aryl methyl sites for hydroxylation is 4. The highest BCUT2D eigenvalue weighted by molar-refractivity contribution is 5.87. The molecule has 5 nitrogen and oxygen atoms in total. The zero-order chi connectivity index (χ0) is 68.3. The lowest BCUT2D eigenvalue weighted by Gasteiger charge is -2.08. The fourth-order valence-corrected chi connectivity index (χ4v) is 11.4. The molecule has 486 valence electrons. The SMILES string of the molecule is CC(C)c1ccc2ccccc2c1.CC(C)c1cccc2ccccc12.CC(C)c1cccc2cccnc12.Cc1cnc2ccc(C(C)C)cc2c1.Cc1cnc2ccc(C(C)C)cc2c1.Cc1cnc2ccc(C(C)C)cc2c1.Cc1cnc2ccc(C(C)C)cc2c1. The van der Waals surface area contributed by atoms with Gasteiger partial charge in [0.15, 0.2) is 0 Å². The predicted molar refractivity (Wildman–Crippen MR) is 414 cm³/mol. The third-order valence-corrected chi connectivity index (χ3v) is 17.2. The van der Waals surface area contributed by atoms with Gasteiger partial charge in [0.1, 0.15) is 0 Å². The Morgan fingerprint density at radius 1 is 0.221 bits per heavy atom. The summed E-state index contributed by atoms with van der Waals surface area (Å²) in [6, 6.07) is 75.5. The van der Waals surface area contributed by atoms with E-state index >= 15 is 0 Å². The lowest BCUT2D eigenvalue weighted by atomic mass is 9.96. The van der Waals surface area contributed by atoms with Crippen LogP contribution in [0.3, 0.4) is 0 Å². The van der Waals surface area contributed by atoms with Crippen molar-refractivity contribution in [3.63, 3.8) is 0 Å². The fourth-order valence-electron chi connectivity index (χ4n) is 11.4. The van der Waals surface area contributed by atoms with Crippen molar-refractivity contribution in [2.75, 3.05) is 0 Å². The van der Waals surface area contributed by atoms with Crippen LogP contribution in [0.15, 0.2) is 243 Å². The molecule has 14 rings (SSSR count). The highest BCUT2D eigenvalue weighted by Gasteiger charge is 2.08. The van der Waals surface area contributed by atoms with Gasteiger partial charge in [-0.15, -0.1) is 0 Å². The monoisotopic (exact) mass is 1250 g/mol. The summed E-state index contributed by atoms with van der Waals surface area (Å²) in [6.45, 7) is 39.3. The molecule has 14 aromatic rings. The molecule has 0 aliphatic carbocycles. The average molecular weight is 1250 g/mol. The number of nitrogens with zero attached hydrogens (tertiary/aromatic N) is 5. The summed E-state index contributed by atoms with van der Waals surface area (Å²) in [7, 11) is 0. The Morgan fingerprint density at radius 2 is 0.526 bits per heavy atom. The lowest BCUT2D eigenvalue weighted by Crippen LogP contribution is -1.90. The molecular formula is C90H101N5. The Morgan fingerprint density at radius 3 is 0.905 bits per heavy atom. The van der Waals surface area contributed by atoms with Gasteiger partial charge >= 0.3 is 0 Å². The molecule has 0 N–H and O–H groups in total. The summed E-state index contributed by atoms with van der Waals surface area (Å²) >= 11 is 0. The summed E-state index contributed by atoms with van der Waals surface area (Å²) in [5, 5.41) is 11.6. The van der Waals surface area contributed by atoms with Crippen LogP contribution in [0.25, 0.3) is 76.1 Å². The standard InChI is InChI=1S/4C13H15N.2C13H14.C12H13N/c4*1-9(2)11-4-5-13-12(7-11)6-10(3)8-14-13;1-10(2)12-9-5-7-11-6-3-4-8-13(11)12;1-10(2)12-8-7-11-5-3-4-6-13(11)9-12;1-9(2)11-7-3-5-10-6-4-8-13-12(10)11/h4*4-9H,1-3H3;2*3-10H,1-2H3;3-9H,1-2H3. The molecule has 5 heterocycles. The van der Waals surface area contributed by atoms with Crippen LogP contribution < -0.4 is 0 Å². The number of aromatic nitrogens is 5. The van der Waals surface area contributed by atoms with Crippen molar-refractivity contribution in [3.05, 3.63) is 305 Å². The minimum atomic E-state index is 0.540. The minimum Gasteiger partial charge on any atom is -0.256 e. The van der Waals surface area contributed by atoms with Crippen molar-refractivity contribution in [2.45, 2.75) is 166 Å². The van der Waals surface area contributed by atoms with E-state index in [0.717, 1.165) is 27.6 Å². The number of hydrogen-bond acceptors (Lipinski definition) is 5. The first-order valence-corrected chi connectivity index (χ1v) is 34.3. The second-order valence-electron chi connectivity index (χ2n) is 27.5. The van der Waals surface area contributed by atoms with Gasteiger partial charge in [0.2, 0.25) is 0 Å². The molecule has 0 saturated carbocycles. The van der Waals surface area contributed by atoms with Crippen LogP contribution in [0.5, 0.6) is 0 Å². The molecule has 0 amide bonds. The first kappa shape index (κ1) is 71.4. The predicted octanol–water partition coefficient (Wildman–Crippen LogP) is 26.0. The Kier molecular flexibility index (Phi) is 25.6. The summed E-state index contributed by atoms with van der Waals surface area (Å²) in [4.78, 5) is 21.9. The van der Waals surface area contributed by atoms with Crippen molar-refractivity contribution < 1.29 is 0 Å². The van der Waals surface area contributed by atoms with Crippen LogP contribution in [-0.4, -0.2) is 24.9 Å². The molecule has 5 heteroatoms. The van der Waals surface area contributed by atoms with Crippen molar-refractivity contribution in [3.8, 4) is 0 Å². The van der Waals surface area contributed by atoms with E-state index in [2.05, 4.69) is 356 Å². The highest BCUT2D eigenvalue weighted by atomic mass is 14.7. The number of hydrogen-bond donors (Lipinski definition) is 0. The van der Waals surface area contributed by atoms with E-state index in [4.69, 9.17) is 0 Å². The average Bonchev–Trinajstić information content (AvgIpc) is 1.10. The lowest BCUT2D eigenvalue weighted by molar-refractivity contribution is 0.868. The van der Waals surface area contributed by atoms with E-state index in [1.54, 1.807) is 0 Å². The summed E-state index contributed by atoms with van der Waals surface area (Å²) in [6.07, 6.45) is 9.51. The zero-order valence-electron chi connectivity index (χ0n) is 59.9. The van der Waals surface area contributed by atoms with Gasteiger partial charge in [-0.3, -0.25) is 24.9 Å². The van der Waals surface area contributed by atoms with E-state index in [9.17, 15) is 0 Å². The van der Waals surface area contributed by atoms with Gasteiger partial charge in [0, 0.05) is 57.9 Å². The largest absolute Gasteiger partial charge is 0.256 e. The molecule has 0 bridgehead atoms. The van der Waals surface area contributed by atoms with Gasteiger partial charge in [0.05, 0.1) is 27.6 Å². The smallest absolute Gasteiger partial charge is 0.0736 e. The van der Waals surface area contributed by atoms with Gasteiger partial charge in [0.25, 0.3) is 0 Å². The molecule has 9 aromatic carbocycles.